The summed E-state index contributed by atoms with van der Waals surface area (Å²) in [5.41, 5.74) is 2.53. The van der Waals surface area contributed by atoms with Gasteiger partial charge >= 0.3 is 0 Å². The summed E-state index contributed by atoms with van der Waals surface area (Å²) in [6, 6.07) is 22.3. The van der Waals surface area contributed by atoms with Gasteiger partial charge in [0.05, 0.1) is 23.7 Å². The Kier molecular flexibility index (Phi) is 6.01. The average molecular weight is 448 g/mol. The van der Waals surface area contributed by atoms with Crippen LogP contribution < -0.4 is 10.2 Å². The predicted octanol–water partition coefficient (Wildman–Crippen LogP) is 5.72. The van der Waals surface area contributed by atoms with Crippen molar-refractivity contribution in [3.05, 3.63) is 100 Å². The van der Waals surface area contributed by atoms with Gasteiger partial charge in [-0.15, -0.1) is 0 Å². The van der Waals surface area contributed by atoms with E-state index in [4.69, 9.17) is 11.6 Å². The topological polar surface area (TPSA) is 56.1 Å². The summed E-state index contributed by atoms with van der Waals surface area (Å²) in [6.07, 6.45) is 0.529. The molecule has 1 aliphatic heterocycles. The number of rotatable bonds is 5. The minimum atomic E-state index is -0.552. The van der Waals surface area contributed by atoms with Gasteiger partial charge in [-0.2, -0.15) is 5.26 Å². The van der Waals surface area contributed by atoms with Crippen molar-refractivity contribution in [3.8, 4) is 6.07 Å². The van der Waals surface area contributed by atoms with Crippen LogP contribution in [0.25, 0.3) is 0 Å². The molecule has 4 rings (SSSR count). The molecule has 0 spiro atoms. The third-order valence-corrected chi connectivity index (χ3v) is 6.16. The SMILES string of the molecule is CC(C)(NC1CC(c2cccc(C#N)c2)N(c2ccc(Cl)cc2)C1=O)c1ccc(F)cc1. The molecule has 1 saturated heterocycles. The second-order valence-corrected chi connectivity index (χ2v) is 8.94. The van der Waals surface area contributed by atoms with E-state index in [0.717, 1.165) is 16.8 Å². The van der Waals surface area contributed by atoms with Crippen molar-refractivity contribution in [2.75, 3.05) is 4.90 Å². The molecular formula is C26H23ClFN3O. The molecule has 0 aromatic heterocycles. The van der Waals surface area contributed by atoms with Crippen molar-refractivity contribution in [1.29, 1.82) is 5.26 Å². The molecule has 1 amide bonds. The van der Waals surface area contributed by atoms with Gasteiger partial charge in [0, 0.05) is 16.2 Å². The normalized spacial score (nSPS) is 18.6. The van der Waals surface area contributed by atoms with Crippen molar-refractivity contribution in [1.82, 2.24) is 5.32 Å². The van der Waals surface area contributed by atoms with Crippen molar-refractivity contribution in [2.45, 2.75) is 37.9 Å². The van der Waals surface area contributed by atoms with Crippen LogP contribution in [0.3, 0.4) is 0 Å². The lowest BCUT2D eigenvalue weighted by molar-refractivity contribution is -0.119. The van der Waals surface area contributed by atoms with E-state index in [9.17, 15) is 14.4 Å². The monoisotopic (exact) mass is 447 g/mol. The summed E-state index contributed by atoms with van der Waals surface area (Å²) in [5, 5.41) is 13.4. The molecule has 162 valence electrons. The fourth-order valence-corrected chi connectivity index (χ4v) is 4.39. The molecule has 0 saturated carbocycles. The van der Waals surface area contributed by atoms with E-state index in [-0.39, 0.29) is 17.8 Å². The molecule has 32 heavy (non-hydrogen) atoms. The van der Waals surface area contributed by atoms with Gasteiger partial charge in [0.25, 0.3) is 0 Å². The molecule has 1 aliphatic rings. The Morgan fingerprint density at radius 3 is 2.44 bits per heavy atom. The van der Waals surface area contributed by atoms with Crippen LogP contribution in [-0.2, 0) is 10.3 Å². The largest absolute Gasteiger partial charge is 0.304 e. The van der Waals surface area contributed by atoms with Gasteiger partial charge in [-0.1, -0.05) is 35.9 Å². The molecule has 3 aromatic rings. The molecule has 1 N–H and O–H groups in total. The number of nitrogens with one attached hydrogen (secondary N) is 1. The van der Waals surface area contributed by atoms with Gasteiger partial charge in [-0.3, -0.25) is 10.1 Å². The first kappa shape index (κ1) is 22.0. The number of halogens is 2. The summed E-state index contributed by atoms with van der Waals surface area (Å²) >= 11 is 6.06. The maximum Gasteiger partial charge on any atom is 0.244 e. The van der Waals surface area contributed by atoms with Gasteiger partial charge in [0.1, 0.15) is 5.82 Å². The first-order valence-electron chi connectivity index (χ1n) is 10.4. The van der Waals surface area contributed by atoms with Crippen LogP contribution in [-0.4, -0.2) is 11.9 Å². The zero-order chi connectivity index (χ0) is 22.9. The highest BCUT2D eigenvalue weighted by atomic mass is 35.5. The highest BCUT2D eigenvalue weighted by Crippen LogP contribution is 2.39. The van der Waals surface area contributed by atoms with E-state index in [2.05, 4.69) is 11.4 Å². The number of hydrogen-bond acceptors (Lipinski definition) is 3. The zero-order valence-corrected chi connectivity index (χ0v) is 18.6. The van der Waals surface area contributed by atoms with Gasteiger partial charge in [-0.05, 0) is 79.9 Å². The van der Waals surface area contributed by atoms with Crippen molar-refractivity contribution in [3.63, 3.8) is 0 Å². The van der Waals surface area contributed by atoms with Crippen LogP contribution in [0.5, 0.6) is 0 Å². The Morgan fingerprint density at radius 1 is 1.09 bits per heavy atom. The number of carbonyl (C=O) groups excluding carboxylic acids is 1. The summed E-state index contributed by atoms with van der Waals surface area (Å²) in [6.45, 7) is 3.95. The van der Waals surface area contributed by atoms with Crippen LogP contribution in [0.4, 0.5) is 10.1 Å². The summed E-state index contributed by atoms with van der Waals surface area (Å²) in [4.78, 5) is 15.4. The Morgan fingerprint density at radius 2 is 1.78 bits per heavy atom. The molecule has 0 bridgehead atoms. The molecule has 3 aromatic carbocycles. The molecular weight excluding hydrogens is 425 g/mol. The second-order valence-electron chi connectivity index (χ2n) is 8.50. The fourth-order valence-electron chi connectivity index (χ4n) is 4.27. The smallest absolute Gasteiger partial charge is 0.244 e. The molecule has 1 fully saturated rings. The number of nitrogens with zero attached hydrogens (tertiary/aromatic N) is 2. The number of carbonyl (C=O) groups is 1. The van der Waals surface area contributed by atoms with E-state index in [1.807, 2.05) is 44.2 Å². The van der Waals surface area contributed by atoms with Gasteiger partial charge in [0.15, 0.2) is 0 Å². The van der Waals surface area contributed by atoms with E-state index >= 15 is 0 Å². The van der Waals surface area contributed by atoms with Crippen LogP contribution >= 0.6 is 11.6 Å². The predicted molar refractivity (Wildman–Crippen MR) is 124 cm³/mol. The van der Waals surface area contributed by atoms with Crippen LogP contribution in [0.1, 0.15) is 43.0 Å². The lowest BCUT2D eigenvalue weighted by atomic mass is 9.92. The second kappa shape index (κ2) is 8.74. The zero-order valence-electron chi connectivity index (χ0n) is 17.8. The van der Waals surface area contributed by atoms with Gasteiger partial charge < -0.3 is 4.90 Å². The standard InChI is InChI=1S/C26H23ClFN3O/c1-26(2,19-6-10-21(28)11-7-19)30-23-15-24(18-5-3-4-17(14-18)16-29)31(25(23)32)22-12-8-20(27)9-13-22/h3-14,23-24,30H,15H2,1-2H3. The number of hydrogen-bond donors (Lipinski definition) is 1. The van der Waals surface area contributed by atoms with E-state index in [1.165, 1.54) is 12.1 Å². The number of benzene rings is 3. The van der Waals surface area contributed by atoms with Crippen LogP contribution in [0.2, 0.25) is 5.02 Å². The van der Waals surface area contributed by atoms with Crippen molar-refractivity contribution < 1.29 is 9.18 Å². The Labute approximate surface area is 192 Å². The Balaban J connectivity index is 1.69. The molecule has 1 heterocycles. The molecule has 2 unspecified atom stereocenters. The summed E-state index contributed by atoms with van der Waals surface area (Å²) in [7, 11) is 0. The minimum Gasteiger partial charge on any atom is -0.304 e. The highest BCUT2D eigenvalue weighted by Gasteiger charge is 2.43. The highest BCUT2D eigenvalue weighted by molar-refractivity contribution is 6.30. The Bertz CT molecular complexity index is 1170. The maximum absolute atomic E-state index is 13.6. The first-order valence-corrected chi connectivity index (χ1v) is 10.8. The van der Waals surface area contributed by atoms with Crippen LogP contribution in [0.15, 0.2) is 72.8 Å². The minimum absolute atomic E-state index is 0.0603. The molecule has 4 nitrogen and oxygen atoms in total. The third kappa shape index (κ3) is 4.38. The lowest BCUT2D eigenvalue weighted by Crippen LogP contribution is -2.47. The lowest BCUT2D eigenvalue weighted by Gasteiger charge is -2.30. The van der Waals surface area contributed by atoms with E-state index in [1.54, 1.807) is 35.2 Å². The molecule has 0 aliphatic carbocycles. The molecule has 6 heteroatoms. The number of amides is 1. The number of nitriles is 1. The maximum atomic E-state index is 13.6. The third-order valence-electron chi connectivity index (χ3n) is 5.91. The average Bonchev–Trinajstić information content (AvgIpc) is 3.10. The molecule has 2 atom stereocenters. The quantitative estimate of drug-likeness (QED) is 0.544. The van der Waals surface area contributed by atoms with Crippen LogP contribution in [0, 0.1) is 17.1 Å². The Hall–Kier alpha value is -3.20. The van der Waals surface area contributed by atoms with E-state index < -0.39 is 11.6 Å². The first-order chi connectivity index (χ1) is 15.3. The number of anilines is 1. The summed E-state index contributed by atoms with van der Waals surface area (Å²) in [5.74, 6) is -0.359. The molecule has 0 radical (unpaired) electrons. The fraction of sp³-hybridized carbons (Fsp3) is 0.231. The van der Waals surface area contributed by atoms with Gasteiger partial charge in [-0.25, -0.2) is 4.39 Å². The van der Waals surface area contributed by atoms with E-state index in [0.29, 0.717) is 17.0 Å². The summed E-state index contributed by atoms with van der Waals surface area (Å²) < 4.78 is 13.4. The van der Waals surface area contributed by atoms with Crippen molar-refractivity contribution in [2.24, 2.45) is 0 Å². The van der Waals surface area contributed by atoms with Crippen molar-refractivity contribution >= 4 is 23.2 Å². The van der Waals surface area contributed by atoms with Gasteiger partial charge in [0.2, 0.25) is 5.91 Å².